The summed E-state index contributed by atoms with van der Waals surface area (Å²) in [6.45, 7) is 7.71. The third-order valence-corrected chi connectivity index (χ3v) is 3.47. The molecule has 3 N–H and O–H groups in total. The molecule has 1 amide bonds. The maximum Gasteiger partial charge on any atom is 0.233 e. The summed E-state index contributed by atoms with van der Waals surface area (Å²) in [5, 5.41) is 3.24. The normalized spacial score (nSPS) is 14.0. The van der Waals surface area contributed by atoms with E-state index in [0.717, 1.165) is 12.1 Å². The van der Waals surface area contributed by atoms with Crippen molar-refractivity contribution >= 4 is 23.5 Å². The molecule has 1 heterocycles. The Kier molecular flexibility index (Phi) is 5.40. The Morgan fingerprint density at radius 1 is 1.50 bits per heavy atom. The topological polar surface area (TPSA) is 80.9 Å². The molecule has 100 valence electrons. The molecule has 1 rings (SSSR count). The van der Waals surface area contributed by atoms with Crippen LogP contribution in [-0.4, -0.2) is 27.2 Å². The van der Waals surface area contributed by atoms with Crippen molar-refractivity contribution in [3.63, 3.8) is 0 Å². The Balaban J connectivity index is 2.63. The fourth-order valence-corrected chi connectivity index (χ4v) is 2.14. The zero-order chi connectivity index (χ0) is 13.7. The number of nitrogen functional groups attached to an aromatic ring is 1. The lowest BCUT2D eigenvalue weighted by Crippen LogP contribution is -2.37. The Morgan fingerprint density at radius 3 is 2.72 bits per heavy atom. The molecule has 2 atom stereocenters. The number of aromatic nitrogens is 2. The molecule has 5 nitrogen and oxygen atoms in total. The standard InChI is InChI=1S/C12H20N4OS/c1-5-7(2)14-11(17)9(4)18-12-15-8(3)6-10(13)16-12/h6-7,9H,5H2,1-4H3,(H,14,17)(H2,13,15,16)/t7-,9+/m0/s1. The van der Waals surface area contributed by atoms with Gasteiger partial charge in [-0.1, -0.05) is 18.7 Å². The number of rotatable bonds is 5. The Labute approximate surface area is 112 Å². The fourth-order valence-electron chi connectivity index (χ4n) is 1.29. The maximum atomic E-state index is 11.9. The molecule has 0 saturated carbocycles. The molecule has 6 heteroatoms. The minimum absolute atomic E-state index is 0.00183. The van der Waals surface area contributed by atoms with Gasteiger partial charge in [0, 0.05) is 17.8 Å². The van der Waals surface area contributed by atoms with Crippen molar-refractivity contribution in [2.45, 2.75) is 50.6 Å². The van der Waals surface area contributed by atoms with Gasteiger partial charge in [0.1, 0.15) is 5.82 Å². The van der Waals surface area contributed by atoms with Crippen molar-refractivity contribution in [3.8, 4) is 0 Å². The molecule has 0 spiro atoms. The van der Waals surface area contributed by atoms with Gasteiger partial charge in [0.05, 0.1) is 5.25 Å². The van der Waals surface area contributed by atoms with E-state index >= 15 is 0 Å². The van der Waals surface area contributed by atoms with E-state index in [-0.39, 0.29) is 17.2 Å². The lowest BCUT2D eigenvalue weighted by atomic mass is 10.2. The van der Waals surface area contributed by atoms with Crippen molar-refractivity contribution in [2.75, 3.05) is 5.73 Å². The van der Waals surface area contributed by atoms with Crippen LogP contribution in [0, 0.1) is 6.92 Å². The maximum absolute atomic E-state index is 11.9. The molecule has 0 bridgehead atoms. The molecular weight excluding hydrogens is 248 g/mol. The first-order valence-electron chi connectivity index (χ1n) is 6.00. The second-order valence-corrected chi connectivity index (χ2v) is 5.60. The highest BCUT2D eigenvalue weighted by Gasteiger charge is 2.17. The van der Waals surface area contributed by atoms with Gasteiger partial charge in [-0.3, -0.25) is 4.79 Å². The predicted octanol–water partition coefficient (Wildman–Crippen LogP) is 1.76. The van der Waals surface area contributed by atoms with Gasteiger partial charge < -0.3 is 11.1 Å². The van der Waals surface area contributed by atoms with Crippen molar-refractivity contribution in [1.82, 2.24) is 15.3 Å². The van der Waals surface area contributed by atoms with Gasteiger partial charge in [0.2, 0.25) is 5.91 Å². The first-order chi connectivity index (χ1) is 8.42. The van der Waals surface area contributed by atoms with Crippen molar-refractivity contribution in [1.29, 1.82) is 0 Å². The summed E-state index contributed by atoms with van der Waals surface area (Å²) in [6, 6.07) is 1.89. The second-order valence-electron chi connectivity index (χ2n) is 4.29. The number of nitrogens with zero attached hydrogens (tertiary/aromatic N) is 2. The number of nitrogens with one attached hydrogen (secondary N) is 1. The predicted molar refractivity (Wildman–Crippen MR) is 74.4 cm³/mol. The Bertz CT molecular complexity index is 404. The van der Waals surface area contributed by atoms with Gasteiger partial charge in [0.15, 0.2) is 5.16 Å². The smallest absolute Gasteiger partial charge is 0.233 e. The molecule has 1 aromatic rings. The molecule has 0 aliphatic rings. The summed E-state index contributed by atoms with van der Waals surface area (Å²) < 4.78 is 0. The van der Waals surface area contributed by atoms with E-state index in [1.54, 1.807) is 6.07 Å². The van der Waals surface area contributed by atoms with Gasteiger partial charge >= 0.3 is 0 Å². The highest BCUT2D eigenvalue weighted by atomic mass is 32.2. The van der Waals surface area contributed by atoms with Crippen LogP contribution >= 0.6 is 11.8 Å². The van der Waals surface area contributed by atoms with Crippen LogP contribution in [0.2, 0.25) is 0 Å². The monoisotopic (exact) mass is 268 g/mol. The molecule has 0 fully saturated rings. The number of anilines is 1. The highest BCUT2D eigenvalue weighted by Crippen LogP contribution is 2.20. The van der Waals surface area contributed by atoms with Crippen LogP contribution in [0.4, 0.5) is 5.82 Å². The third-order valence-electron chi connectivity index (χ3n) is 2.51. The van der Waals surface area contributed by atoms with Gasteiger partial charge in [-0.2, -0.15) is 0 Å². The van der Waals surface area contributed by atoms with Crippen LogP contribution in [0.25, 0.3) is 0 Å². The number of nitrogens with two attached hydrogens (primary N) is 1. The number of hydrogen-bond acceptors (Lipinski definition) is 5. The summed E-state index contributed by atoms with van der Waals surface area (Å²) in [7, 11) is 0. The van der Waals surface area contributed by atoms with Crippen LogP contribution in [0.3, 0.4) is 0 Å². The molecule has 0 aromatic carbocycles. The Hall–Kier alpha value is -1.30. The first-order valence-corrected chi connectivity index (χ1v) is 6.88. The van der Waals surface area contributed by atoms with Crippen LogP contribution in [0.15, 0.2) is 11.2 Å². The zero-order valence-electron chi connectivity index (χ0n) is 11.2. The molecule has 0 unspecified atom stereocenters. The van der Waals surface area contributed by atoms with E-state index in [0.29, 0.717) is 11.0 Å². The molecular formula is C12H20N4OS. The number of carbonyl (C=O) groups excluding carboxylic acids is 1. The third kappa shape index (κ3) is 4.52. The average molecular weight is 268 g/mol. The minimum atomic E-state index is -0.236. The number of amides is 1. The van der Waals surface area contributed by atoms with Gasteiger partial charge in [-0.25, -0.2) is 9.97 Å². The van der Waals surface area contributed by atoms with Crippen LogP contribution < -0.4 is 11.1 Å². The van der Waals surface area contributed by atoms with Crippen molar-refractivity contribution in [3.05, 3.63) is 11.8 Å². The molecule has 18 heavy (non-hydrogen) atoms. The summed E-state index contributed by atoms with van der Waals surface area (Å²) in [6.07, 6.45) is 0.914. The largest absolute Gasteiger partial charge is 0.384 e. The first kappa shape index (κ1) is 14.8. The summed E-state index contributed by atoms with van der Waals surface area (Å²) in [5.41, 5.74) is 6.45. The SMILES string of the molecule is CC[C@H](C)NC(=O)[C@@H](C)Sc1nc(C)cc(N)n1. The lowest BCUT2D eigenvalue weighted by Gasteiger charge is -2.15. The molecule has 0 aliphatic heterocycles. The lowest BCUT2D eigenvalue weighted by molar-refractivity contribution is -0.120. The number of aryl methyl sites for hydroxylation is 1. The molecule has 0 saturated heterocycles. The highest BCUT2D eigenvalue weighted by molar-refractivity contribution is 8.00. The Morgan fingerprint density at radius 2 is 2.17 bits per heavy atom. The van der Waals surface area contributed by atoms with E-state index in [2.05, 4.69) is 15.3 Å². The van der Waals surface area contributed by atoms with Crippen LogP contribution in [0.1, 0.15) is 32.9 Å². The van der Waals surface area contributed by atoms with Gasteiger partial charge in [-0.15, -0.1) is 0 Å². The number of thioether (sulfide) groups is 1. The minimum Gasteiger partial charge on any atom is -0.384 e. The van der Waals surface area contributed by atoms with Crippen molar-refractivity contribution in [2.24, 2.45) is 0 Å². The fraction of sp³-hybridized carbons (Fsp3) is 0.583. The van der Waals surface area contributed by atoms with E-state index in [4.69, 9.17) is 5.73 Å². The average Bonchev–Trinajstić information content (AvgIpc) is 2.27. The van der Waals surface area contributed by atoms with Crippen molar-refractivity contribution < 1.29 is 4.79 Å². The summed E-state index contributed by atoms with van der Waals surface area (Å²) in [5.74, 6) is 0.428. The molecule has 0 radical (unpaired) electrons. The zero-order valence-corrected chi connectivity index (χ0v) is 12.0. The van der Waals surface area contributed by atoms with Gasteiger partial charge in [0.25, 0.3) is 0 Å². The van der Waals surface area contributed by atoms with Crippen LogP contribution in [-0.2, 0) is 4.79 Å². The molecule has 1 aromatic heterocycles. The molecule has 0 aliphatic carbocycles. The summed E-state index contributed by atoms with van der Waals surface area (Å²) >= 11 is 1.32. The number of hydrogen-bond donors (Lipinski definition) is 2. The van der Waals surface area contributed by atoms with E-state index in [9.17, 15) is 4.79 Å². The van der Waals surface area contributed by atoms with Crippen LogP contribution in [0.5, 0.6) is 0 Å². The van der Waals surface area contributed by atoms with E-state index < -0.39 is 0 Å². The number of carbonyl (C=O) groups is 1. The van der Waals surface area contributed by atoms with Gasteiger partial charge in [-0.05, 0) is 27.2 Å². The second kappa shape index (κ2) is 6.58. The summed E-state index contributed by atoms with van der Waals surface area (Å²) in [4.78, 5) is 20.2. The van der Waals surface area contributed by atoms with E-state index in [1.165, 1.54) is 11.8 Å². The van der Waals surface area contributed by atoms with E-state index in [1.807, 2.05) is 27.7 Å². The quantitative estimate of drug-likeness (QED) is 0.628.